The second kappa shape index (κ2) is 6.36. The summed E-state index contributed by atoms with van der Waals surface area (Å²) >= 11 is 0. The van der Waals surface area contributed by atoms with Crippen LogP contribution in [0.25, 0.3) is 0 Å². The monoisotopic (exact) mass is 277 g/mol. The Morgan fingerprint density at radius 1 is 1.35 bits per heavy atom. The number of hydrogen-bond acceptors (Lipinski definition) is 5. The molecular weight excluding hydrogens is 258 g/mol. The molecule has 2 rings (SSSR count). The van der Waals surface area contributed by atoms with Crippen molar-refractivity contribution < 1.29 is 14.3 Å². The van der Waals surface area contributed by atoms with Crippen LogP contribution in [0.1, 0.15) is 20.3 Å². The van der Waals surface area contributed by atoms with E-state index >= 15 is 0 Å². The normalized spacial score (nSPS) is 17.8. The first kappa shape index (κ1) is 14.3. The van der Waals surface area contributed by atoms with Crippen molar-refractivity contribution in [3.63, 3.8) is 0 Å². The molecular formula is C14H19N3O3. The number of methoxy groups -OCH3 is 1. The van der Waals surface area contributed by atoms with Crippen molar-refractivity contribution in [2.75, 3.05) is 20.2 Å². The lowest BCUT2D eigenvalue weighted by atomic mass is 10.3. The molecule has 0 radical (unpaired) electrons. The lowest BCUT2D eigenvalue weighted by molar-refractivity contribution is -0.125. The minimum atomic E-state index is -0.0740. The number of ether oxygens (including phenoxy) is 2. The number of carbonyl (C=O) groups excluding carboxylic acids is 1. The molecule has 0 saturated carbocycles. The lowest BCUT2D eigenvalue weighted by Crippen LogP contribution is -2.29. The van der Waals surface area contributed by atoms with Crippen molar-refractivity contribution in [1.29, 1.82) is 0 Å². The van der Waals surface area contributed by atoms with Crippen molar-refractivity contribution in [3.05, 3.63) is 24.0 Å². The fourth-order valence-corrected chi connectivity index (χ4v) is 2.05. The maximum atomic E-state index is 11.9. The highest BCUT2D eigenvalue weighted by molar-refractivity contribution is 5.88. The number of rotatable bonds is 4. The van der Waals surface area contributed by atoms with Crippen LogP contribution in [0.2, 0.25) is 0 Å². The van der Waals surface area contributed by atoms with Crippen LogP contribution in [-0.4, -0.2) is 47.1 Å². The fourth-order valence-electron chi connectivity index (χ4n) is 2.05. The van der Waals surface area contributed by atoms with Gasteiger partial charge in [-0.3, -0.25) is 4.79 Å². The number of hydrogen-bond donors (Lipinski definition) is 0. The van der Waals surface area contributed by atoms with E-state index in [1.807, 2.05) is 13.8 Å². The van der Waals surface area contributed by atoms with E-state index < -0.39 is 0 Å². The molecule has 1 atom stereocenters. The number of likely N-dealkylation sites (tertiary alicyclic amines) is 1. The number of aromatic nitrogens is 2. The third kappa shape index (κ3) is 3.46. The van der Waals surface area contributed by atoms with E-state index in [0.29, 0.717) is 24.8 Å². The van der Waals surface area contributed by atoms with Crippen LogP contribution in [0.3, 0.4) is 0 Å². The molecule has 0 bridgehead atoms. The predicted molar refractivity (Wildman–Crippen MR) is 73.6 cm³/mol. The minimum absolute atomic E-state index is 0.0298. The zero-order valence-electron chi connectivity index (χ0n) is 12.0. The van der Waals surface area contributed by atoms with Crippen LogP contribution in [0, 0.1) is 0 Å². The van der Waals surface area contributed by atoms with Crippen molar-refractivity contribution >= 4 is 5.91 Å². The van der Waals surface area contributed by atoms with E-state index in [1.165, 1.54) is 7.11 Å². The second-order valence-electron chi connectivity index (χ2n) is 4.91. The molecule has 0 aromatic carbocycles. The SMILES string of the molecule is COc1nccnc1OC1CCN(C(=O)C=C(C)C)C1. The van der Waals surface area contributed by atoms with Crippen LogP contribution in [0.5, 0.6) is 11.8 Å². The summed E-state index contributed by atoms with van der Waals surface area (Å²) in [7, 11) is 1.52. The molecule has 20 heavy (non-hydrogen) atoms. The maximum absolute atomic E-state index is 11.9. The van der Waals surface area contributed by atoms with Crippen molar-refractivity contribution in [1.82, 2.24) is 14.9 Å². The third-order valence-corrected chi connectivity index (χ3v) is 2.97. The lowest BCUT2D eigenvalue weighted by Gasteiger charge is -2.16. The first-order valence-corrected chi connectivity index (χ1v) is 6.55. The highest BCUT2D eigenvalue weighted by Crippen LogP contribution is 2.23. The van der Waals surface area contributed by atoms with Gasteiger partial charge in [-0.05, 0) is 13.8 Å². The molecule has 1 amide bonds. The average Bonchev–Trinajstić information content (AvgIpc) is 2.87. The van der Waals surface area contributed by atoms with Crippen LogP contribution in [0.4, 0.5) is 0 Å². The van der Waals surface area contributed by atoms with Crippen LogP contribution in [-0.2, 0) is 4.79 Å². The Bertz CT molecular complexity index is 512. The Balaban J connectivity index is 1.97. The smallest absolute Gasteiger partial charge is 0.278 e. The zero-order chi connectivity index (χ0) is 14.5. The molecule has 1 aromatic heterocycles. The van der Waals surface area contributed by atoms with Gasteiger partial charge in [-0.2, -0.15) is 0 Å². The predicted octanol–water partition coefficient (Wildman–Crippen LogP) is 1.43. The molecule has 1 fully saturated rings. The van der Waals surface area contributed by atoms with Crippen molar-refractivity contribution in [2.24, 2.45) is 0 Å². The van der Waals surface area contributed by atoms with Crippen LogP contribution >= 0.6 is 0 Å². The van der Waals surface area contributed by atoms with Gasteiger partial charge in [-0.25, -0.2) is 9.97 Å². The highest BCUT2D eigenvalue weighted by Gasteiger charge is 2.27. The highest BCUT2D eigenvalue weighted by atomic mass is 16.5. The molecule has 1 aliphatic heterocycles. The summed E-state index contributed by atoms with van der Waals surface area (Å²) in [6.07, 6.45) is 5.45. The summed E-state index contributed by atoms with van der Waals surface area (Å²) in [5, 5.41) is 0. The topological polar surface area (TPSA) is 64.6 Å². The molecule has 1 aromatic rings. The van der Waals surface area contributed by atoms with E-state index in [1.54, 1.807) is 23.4 Å². The van der Waals surface area contributed by atoms with E-state index in [4.69, 9.17) is 9.47 Å². The number of amides is 1. The quantitative estimate of drug-likeness (QED) is 0.779. The molecule has 108 valence electrons. The van der Waals surface area contributed by atoms with E-state index in [-0.39, 0.29) is 12.0 Å². The van der Waals surface area contributed by atoms with Gasteiger partial charge in [0.2, 0.25) is 5.91 Å². The van der Waals surface area contributed by atoms with Crippen LogP contribution < -0.4 is 9.47 Å². The Labute approximate surface area is 118 Å². The van der Waals surface area contributed by atoms with Crippen LogP contribution in [0.15, 0.2) is 24.0 Å². The molecule has 0 aliphatic carbocycles. The van der Waals surface area contributed by atoms with Gasteiger partial charge in [0.15, 0.2) is 0 Å². The van der Waals surface area contributed by atoms with Gasteiger partial charge >= 0.3 is 0 Å². The maximum Gasteiger partial charge on any atom is 0.278 e. The van der Waals surface area contributed by atoms with Gasteiger partial charge in [0.05, 0.1) is 13.7 Å². The summed E-state index contributed by atoms with van der Waals surface area (Å²) in [5.41, 5.74) is 0.995. The van der Waals surface area contributed by atoms with Crippen molar-refractivity contribution in [2.45, 2.75) is 26.4 Å². The standard InChI is InChI=1S/C14H19N3O3/c1-10(2)8-12(18)17-7-4-11(9-17)20-14-13(19-3)15-5-6-16-14/h5-6,8,11H,4,7,9H2,1-3H3. The third-order valence-electron chi connectivity index (χ3n) is 2.97. The van der Waals surface area contributed by atoms with Gasteiger partial charge < -0.3 is 14.4 Å². The number of carbonyl (C=O) groups is 1. The molecule has 1 unspecified atom stereocenters. The summed E-state index contributed by atoms with van der Waals surface area (Å²) in [4.78, 5) is 21.8. The average molecular weight is 277 g/mol. The van der Waals surface area contributed by atoms with E-state index in [9.17, 15) is 4.79 Å². The largest absolute Gasteiger partial charge is 0.477 e. The number of nitrogens with zero attached hydrogens (tertiary/aromatic N) is 3. The summed E-state index contributed by atoms with van der Waals surface area (Å²) in [5.74, 6) is 0.764. The molecule has 1 aliphatic rings. The Morgan fingerprint density at radius 3 is 2.70 bits per heavy atom. The first-order chi connectivity index (χ1) is 9.60. The molecule has 6 heteroatoms. The molecule has 2 heterocycles. The molecule has 6 nitrogen and oxygen atoms in total. The van der Waals surface area contributed by atoms with Gasteiger partial charge in [0, 0.05) is 31.4 Å². The van der Waals surface area contributed by atoms with Gasteiger partial charge in [-0.15, -0.1) is 0 Å². The minimum Gasteiger partial charge on any atom is -0.477 e. The summed E-state index contributed by atoms with van der Waals surface area (Å²) < 4.78 is 10.9. The van der Waals surface area contributed by atoms with E-state index in [0.717, 1.165) is 12.0 Å². The Morgan fingerprint density at radius 2 is 2.05 bits per heavy atom. The molecule has 0 N–H and O–H groups in total. The fraction of sp³-hybridized carbons (Fsp3) is 0.500. The number of allylic oxidation sites excluding steroid dienone is 1. The Kier molecular flexibility index (Phi) is 4.55. The summed E-state index contributed by atoms with van der Waals surface area (Å²) in [6, 6.07) is 0. The molecule has 1 saturated heterocycles. The Hall–Kier alpha value is -2.11. The van der Waals surface area contributed by atoms with Gasteiger partial charge in [0.25, 0.3) is 11.8 Å². The first-order valence-electron chi connectivity index (χ1n) is 6.55. The molecule has 0 spiro atoms. The van der Waals surface area contributed by atoms with Gasteiger partial charge in [-0.1, -0.05) is 5.57 Å². The van der Waals surface area contributed by atoms with Gasteiger partial charge in [0.1, 0.15) is 6.10 Å². The zero-order valence-corrected chi connectivity index (χ0v) is 12.0. The van der Waals surface area contributed by atoms with E-state index in [2.05, 4.69) is 9.97 Å². The van der Waals surface area contributed by atoms with Crippen molar-refractivity contribution in [3.8, 4) is 11.8 Å². The summed E-state index contributed by atoms with van der Waals surface area (Å²) in [6.45, 7) is 5.07. The second-order valence-corrected chi connectivity index (χ2v) is 4.91.